The zero-order valence-corrected chi connectivity index (χ0v) is 12.1. The first-order chi connectivity index (χ1) is 10.0. The fraction of sp³-hybridized carbons (Fsp3) is 0.571. The van der Waals surface area contributed by atoms with Gasteiger partial charge in [0.1, 0.15) is 0 Å². The molecule has 0 aliphatic heterocycles. The van der Waals surface area contributed by atoms with Gasteiger partial charge in [0.05, 0.1) is 23.8 Å². The number of esters is 1. The van der Waals surface area contributed by atoms with Gasteiger partial charge in [0, 0.05) is 12.2 Å². The van der Waals surface area contributed by atoms with Gasteiger partial charge in [-0.05, 0) is 26.7 Å². The highest BCUT2D eigenvalue weighted by Crippen LogP contribution is 2.28. The quantitative estimate of drug-likeness (QED) is 0.795. The van der Waals surface area contributed by atoms with Crippen LogP contribution in [0.25, 0.3) is 0 Å². The average Bonchev–Trinajstić information content (AvgIpc) is 2.87. The summed E-state index contributed by atoms with van der Waals surface area (Å²) in [4.78, 5) is 31.1. The van der Waals surface area contributed by atoms with Gasteiger partial charge < -0.3 is 15.2 Å². The van der Waals surface area contributed by atoms with Crippen molar-refractivity contribution in [1.82, 2.24) is 9.97 Å². The predicted octanol–water partition coefficient (Wildman–Crippen LogP) is 1.63. The number of hydrogen-bond donors (Lipinski definition) is 2. The van der Waals surface area contributed by atoms with Gasteiger partial charge in [0.25, 0.3) is 0 Å². The number of carboxylic acid groups (broad SMARTS) is 1. The van der Waals surface area contributed by atoms with Crippen LogP contribution >= 0.6 is 0 Å². The van der Waals surface area contributed by atoms with Gasteiger partial charge in [-0.2, -0.15) is 0 Å². The second-order valence-corrected chi connectivity index (χ2v) is 5.04. The van der Waals surface area contributed by atoms with Crippen LogP contribution in [0.15, 0.2) is 6.20 Å². The average molecular weight is 293 g/mol. The molecule has 1 heterocycles. The van der Waals surface area contributed by atoms with Gasteiger partial charge in [-0.3, -0.25) is 4.79 Å². The Bertz CT molecular complexity index is 547. The molecule has 2 rings (SSSR count). The number of carboxylic acids is 1. The molecule has 2 N–H and O–H groups in total. The number of aliphatic carboxylic acids is 1. The van der Waals surface area contributed by atoms with E-state index in [9.17, 15) is 9.59 Å². The second-order valence-electron chi connectivity index (χ2n) is 5.04. The summed E-state index contributed by atoms with van der Waals surface area (Å²) in [6.07, 6.45) is 3.72. The molecule has 21 heavy (non-hydrogen) atoms. The maximum atomic E-state index is 11.7. The van der Waals surface area contributed by atoms with Crippen LogP contribution in [0.1, 0.15) is 42.2 Å². The van der Waals surface area contributed by atoms with Crippen molar-refractivity contribution in [3.05, 3.63) is 17.5 Å². The lowest BCUT2D eigenvalue weighted by molar-refractivity contribution is -0.141. The summed E-state index contributed by atoms with van der Waals surface area (Å²) in [5.41, 5.74) is 0.833. The Kier molecular flexibility index (Phi) is 4.72. The summed E-state index contributed by atoms with van der Waals surface area (Å²) in [5, 5.41) is 12.2. The molecule has 0 spiro atoms. The SMILES string of the molecule is CCOC(=O)c1cnc(NC2CCCC2C(=O)O)nc1C. The standard InChI is InChI=1S/C14H19N3O4/c1-3-21-13(20)10-7-15-14(16-8(10)2)17-11-6-4-5-9(11)12(18)19/h7,9,11H,3-6H2,1-2H3,(H,18,19)(H,15,16,17). The first-order valence-electron chi connectivity index (χ1n) is 7.03. The lowest BCUT2D eigenvalue weighted by Gasteiger charge is -2.17. The minimum absolute atomic E-state index is 0.171. The van der Waals surface area contributed by atoms with Crippen LogP contribution < -0.4 is 5.32 Å². The smallest absolute Gasteiger partial charge is 0.341 e. The third-order valence-electron chi connectivity index (χ3n) is 3.62. The van der Waals surface area contributed by atoms with E-state index < -0.39 is 17.9 Å². The molecular weight excluding hydrogens is 274 g/mol. The lowest BCUT2D eigenvalue weighted by Crippen LogP contribution is -2.30. The molecule has 2 atom stereocenters. The summed E-state index contributed by atoms with van der Waals surface area (Å²) in [6, 6.07) is -0.171. The van der Waals surface area contributed by atoms with Crippen LogP contribution in [-0.4, -0.2) is 39.7 Å². The molecule has 1 aromatic rings. The number of aromatic nitrogens is 2. The van der Waals surface area contributed by atoms with Gasteiger partial charge in [-0.25, -0.2) is 14.8 Å². The van der Waals surface area contributed by atoms with E-state index in [2.05, 4.69) is 15.3 Å². The fourth-order valence-corrected chi connectivity index (χ4v) is 2.54. The van der Waals surface area contributed by atoms with Gasteiger partial charge in [-0.15, -0.1) is 0 Å². The number of nitrogens with one attached hydrogen (secondary N) is 1. The van der Waals surface area contributed by atoms with Crippen molar-refractivity contribution in [2.75, 3.05) is 11.9 Å². The number of carbonyl (C=O) groups is 2. The van der Waals surface area contributed by atoms with E-state index in [1.165, 1.54) is 6.20 Å². The third kappa shape index (κ3) is 3.48. The molecule has 1 saturated carbocycles. The molecule has 114 valence electrons. The molecule has 1 aliphatic carbocycles. The highest BCUT2D eigenvalue weighted by molar-refractivity contribution is 5.90. The first-order valence-corrected chi connectivity index (χ1v) is 7.03. The fourth-order valence-electron chi connectivity index (χ4n) is 2.54. The molecule has 0 bridgehead atoms. The van der Waals surface area contributed by atoms with E-state index in [0.29, 0.717) is 30.2 Å². The molecular formula is C14H19N3O4. The molecule has 1 fully saturated rings. The summed E-state index contributed by atoms with van der Waals surface area (Å²) in [6.45, 7) is 3.72. The van der Waals surface area contributed by atoms with Crippen LogP contribution in [0.2, 0.25) is 0 Å². The van der Waals surface area contributed by atoms with Crippen LogP contribution in [0.4, 0.5) is 5.95 Å². The Morgan fingerprint density at radius 1 is 1.48 bits per heavy atom. The number of carbonyl (C=O) groups excluding carboxylic acids is 1. The summed E-state index contributed by atoms with van der Waals surface area (Å²) < 4.78 is 4.91. The number of nitrogens with zero attached hydrogens (tertiary/aromatic N) is 2. The van der Waals surface area contributed by atoms with Crippen LogP contribution in [0, 0.1) is 12.8 Å². The van der Waals surface area contributed by atoms with Gasteiger partial charge in [0.2, 0.25) is 5.95 Å². The Hall–Kier alpha value is -2.18. The molecule has 2 unspecified atom stereocenters. The molecule has 1 aliphatic rings. The zero-order chi connectivity index (χ0) is 15.4. The monoisotopic (exact) mass is 293 g/mol. The lowest BCUT2D eigenvalue weighted by atomic mass is 10.0. The largest absolute Gasteiger partial charge is 0.481 e. The summed E-state index contributed by atoms with van der Waals surface area (Å²) in [7, 11) is 0. The minimum Gasteiger partial charge on any atom is -0.481 e. The van der Waals surface area contributed by atoms with Crippen LogP contribution in [0.3, 0.4) is 0 Å². The second kappa shape index (κ2) is 6.51. The number of rotatable bonds is 5. The maximum absolute atomic E-state index is 11.7. The molecule has 7 heteroatoms. The Morgan fingerprint density at radius 2 is 2.24 bits per heavy atom. The van der Waals surface area contributed by atoms with Gasteiger partial charge in [-0.1, -0.05) is 6.42 Å². The van der Waals surface area contributed by atoms with Crippen molar-refractivity contribution < 1.29 is 19.4 Å². The molecule has 0 radical (unpaired) electrons. The summed E-state index contributed by atoms with van der Waals surface area (Å²) in [5.74, 6) is -1.33. The number of anilines is 1. The highest BCUT2D eigenvalue weighted by atomic mass is 16.5. The Balaban J connectivity index is 2.10. The van der Waals surface area contributed by atoms with Crippen LogP contribution in [-0.2, 0) is 9.53 Å². The molecule has 0 saturated heterocycles. The van der Waals surface area contributed by atoms with Crippen molar-refractivity contribution in [3.8, 4) is 0 Å². The van der Waals surface area contributed by atoms with E-state index in [4.69, 9.17) is 9.84 Å². The van der Waals surface area contributed by atoms with E-state index in [0.717, 1.165) is 12.8 Å². The molecule has 0 aromatic carbocycles. The number of hydrogen-bond acceptors (Lipinski definition) is 6. The van der Waals surface area contributed by atoms with E-state index in [1.54, 1.807) is 13.8 Å². The first kappa shape index (κ1) is 15.2. The normalized spacial score (nSPS) is 21.0. The van der Waals surface area contributed by atoms with Crippen molar-refractivity contribution in [2.24, 2.45) is 5.92 Å². The van der Waals surface area contributed by atoms with Crippen molar-refractivity contribution >= 4 is 17.9 Å². The number of ether oxygens (including phenoxy) is 1. The predicted molar refractivity (Wildman–Crippen MR) is 75.1 cm³/mol. The van der Waals surface area contributed by atoms with Crippen LogP contribution in [0.5, 0.6) is 0 Å². The zero-order valence-electron chi connectivity index (χ0n) is 12.1. The Labute approximate surface area is 122 Å². The van der Waals surface area contributed by atoms with Crippen molar-refractivity contribution in [1.29, 1.82) is 0 Å². The van der Waals surface area contributed by atoms with Crippen molar-refractivity contribution in [3.63, 3.8) is 0 Å². The van der Waals surface area contributed by atoms with Crippen molar-refractivity contribution in [2.45, 2.75) is 39.2 Å². The topological polar surface area (TPSA) is 101 Å². The number of aryl methyl sites for hydroxylation is 1. The molecule has 7 nitrogen and oxygen atoms in total. The van der Waals surface area contributed by atoms with Gasteiger partial charge in [0.15, 0.2) is 0 Å². The van der Waals surface area contributed by atoms with E-state index >= 15 is 0 Å². The van der Waals surface area contributed by atoms with E-state index in [1.807, 2.05) is 0 Å². The Morgan fingerprint density at radius 3 is 2.86 bits per heavy atom. The highest BCUT2D eigenvalue weighted by Gasteiger charge is 2.33. The third-order valence-corrected chi connectivity index (χ3v) is 3.62. The molecule has 0 amide bonds. The van der Waals surface area contributed by atoms with Gasteiger partial charge >= 0.3 is 11.9 Å². The molecule has 1 aromatic heterocycles. The van der Waals surface area contributed by atoms with E-state index in [-0.39, 0.29) is 6.04 Å². The summed E-state index contributed by atoms with van der Waals surface area (Å²) >= 11 is 0. The maximum Gasteiger partial charge on any atom is 0.341 e. The minimum atomic E-state index is -0.801.